The second kappa shape index (κ2) is 5.54. The van der Waals surface area contributed by atoms with Gasteiger partial charge in [0, 0.05) is 43.4 Å². The van der Waals surface area contributed by atoms with Gasteiger partial charge in [0.25, 0.3) is 0 Å². The number of hydrogen-bond donors (Lipinski definition) is 1. The molecular formula is C13H17BrN4. The minimum absolute atomic E-state index is 0.561. The Balaban J connectivity index is 2.15. The smallest absolute Gasteiger partial charge is 0.0539 e. The summed E-state index contributed by atoms with van der Waals surface area (Å²) in [7, 11) is 3.99. The minimum atomic E-state index is 0.561. The molecule has 0 amide bonds. The average Bonchev–Trinajstić information content (AvgIpc) is 2.74. The van der Waals surface area contributed by atoms with E-state index in [1.54, 1.807) is 0 Å². The van der Waals surface area contributed by atoms with Crippen molar-refractivity contribution in [1.82, 2.24) is 9.78 Å². The lowest BCUT2D eigenvalue weighted by Gasteiger charge is -2.20. The Morgan fingerprint density at radius 1 is 1.39 bits per heavy atom. The van der Waals surface area contributed by atoms with Gasteiger partial charge in [-0.15, -0.1) is 0 Å². The zero-order chi connectivity index (χ0) is 13.1. The molecule has 96 valence electrons. The van der Waals surface area contributed by atoms with Gasteiger partial charge in [0.1, 0.15) is 0 Å². The van der Waals surface area contributed by atoms with E-state index in [0.717, 1.165) is 22.3 Å². The Labute approximate surface area is 116 Å². The van der Waals surface area contributed by atoms with Crippen LogP contribution in [0.25, 0.3) is 0 Å². The van der Waals surface area contributed by atoms with Crippen LogP contribution in [0.4, 0.5) is 5.69 Å². The van der Waals surface area contributed by atoms with E-state index in [1.165, 1.54) is 5.56 Å². The fraction of sp³-hybridized carbons (Fsp3) is 0.308. The third-order valence-electron chi connectivity index (χ3n) is 2.84. The van der Waals surface area contributed by atoms with Crippen molar-refractivity contribution < 1.29 is 0 Å². The Hall–Kier alpha value is -1.33. The van der Waals surface area contributed by atoms with E-state index in [0.29, 0.717) is 6.54 Å². The van der Waals surface area contributed by atoms with Crippen molar-refractivity contribution in [3.8, 4) is 0 Å². The van der Waals surface area contributed by atoms with Crippen LogP contribution in [-0.2, 0) is 20.1 Å². The number of hydrogen-bond acceptors (Lipinski definition) is 3. The first-order valence-corrected chi connectivity index (χ1v) is 6.56. The van der Waals surface area contributed by atoms with E-state index < -0.39 is 0 Å². The summed E-state index contributed by atoms with van der Waals surface area (Å²) in [6.45, 7) is 1.39. The summed E-state index contributed by atoms with van der Waals surface area (Å²) in [5, 5.41) is 4.17. The van der Waals surface area contributed by atoms with Crippen molar-refractivity contribution in [1.29, 1.82) is 0 Å². The lowest BCUT2D eigenvalue weighted by molar-refractivity contribution is 0.766. The highest BCUT2D eigenvalue weighted by molar-refractivity contribution is 9.10. The number of aromatic nitrogens is 2. The van der Waals surface area contributed by atoms with Crippen LogP contribution in [-0.4, -0.2) is 16.8 Å². The fourth-order valence-corrected chi connectivity index (χ4v) is 2.63. The maximum atomic E-state index is 5.63. The van der Waals surface area contributed by atoms with E-state index in [4.69, 9.17) is 5.73 Å². The molecule has 0 fully saturated rings. The number of aryl methyl sites for hydroxylation is 1. The van der Waals surface area contributed by atoms with Crippen LogP contribution >= 0.6 is 15.9 Å². The van der Waals surface area contributed by atoms with Crippen LogP contribution in [0.15, 0.2) is 35.1 Å². The summed E-state index contributed by atoms with van der Waals surface area (Å²) in [5.41, 5.74) is 9.09. The van der Waals surface area contributed by atoms with Gasteiger partial charge in [0.15, 0.2) is 0 Å². The third kappa shape index (κ3) is 2.91. The topological polar surface area (TPSA) is 47.1 Å². The highest BCUT2D eigenvalue weighted by Crippen LogP contribution is 2.27. The van der Waals surface area contributed by atoms with Gasteiger partial charge in [-0.2, -0.15) is 5.10 Å². The second-order valence-corrected chi connectivity index (χ2v) is 5.22. The van der Waals surface area contributed by atoms with E-state index in [1.807, 2.05) is 24.1 Å². The molecule has 0 unspecified atom stereocenters. The van der Waals surface area contributed by atoms with E-state index >= 15 is 0 Å². The predicted octanol–water partition coefficient (Wildman–Crippen LogP) is 2.28. The SMILES string of the molecule is CN(Cc1cnn(C)c1)c1ccc(CN)cc1Br. The summed E-state index contributed by atoms with van der Waals surface area (Å²) < 4.78 is 2.88. The summed E-state index contributed by atoms with van der Waals surface area (Å²) >= 11 is 3.59. The lowest BCUT2D eigenvalue weighted by Crippen LogP contribution is -2.16. The molecule has 1 aromatic carbocycles. The Kier molecular flexibility index (Phi) is 4.04. The summed E-state index contributed by atoms with van der Waals surface area (Å²) in [4.78, 5) is 2.18. The quantitative estimate of drug-likeness (QED) is 0.942. The molecule has 5 heteroatoms. The molecule has 0 saturated heterocycles. The molecule has 0 bridgehead atoms. The number of anilines is 1. The molecule has 0 spiro atoms. The number of halogens is 1. The van der Waals surface area contributed by atoms with Crippen LogP contribution < -0.4 is 10.6 Å². The zero-order valence-corrected chi connectivity index (χ0v) is 12.2. The van der Waals surface area contributed by atoms with Crippen molar-refractivity contribution >= 4 is 21.6 Å². The average molecular weight is 309 g/mol. The summed E-state index contributed by atoms with van der Waals surface area (Å²) in [5.74, 6) is 0. The van der Waals surface area contributed by atoms with Gasteiger partial charge < -0.3 is 10.6 Å². The molecule has 1 aromatic heterocycles. The van der Waals surface area contributed by atoms with Crippen molar-refractivity contribution in [2.75, 3.05) is 11.9 Å². The van der Waals surface area contributed by atoms with Crippen LogP contribution in [0.2, 0.25) is 0 Å². The molecule has 2 N–H and O–H groups in total. The molecule has 1 heterocycles. The van der Waals surface area contributed by atoms with E-state index in [-0.39, 0.29) is 0 Å². The summed E-state index contributed by atoms with van der Waals surface area (Å²) in [6, 6.07) is 6.21. The maximum absolute atomic E-state index is 5.63. The lowest BCUT2D eigenvalue weighted by atomic mass is 10.2. The van der Waals surface area contributed by atoms with Crippen molar-refractivity contribution in [2.45, 2.75) is 13.1 Å². The molecule has 0 saturated carbocycles. The Morgan fingerprint density at radius 2 is 2.17 bits per heavy atom. The zero-order valence-electron chi connectivity index (χ0n) is 10.6. The minimum Gasteiger partial charge on any atom is -0.369 e. The number of benzene rings is 1. The normalized spacial score (nSPS) is 10.7. The maximum Gasteiger partial charge on any atom is 0.0539 e. The first-order chi connectivity index (χ1) is 8.60. The van der Waals surface area contributed by atoms with Gasteiger partial charge >= 0.3 is 0 Å². The summed E-state index contributed by atoms with van der Waals surface area (Å²) in [6.07, 6.45) is 3.91. The van der Waals surface area contributed by atoms with Crippen LogP contribution in [0.5, 0.6) is 0 Å². The molecule has 0 aliphatic carbocycles. The number of rotatable bonds is 4. The van der Waals surface area contributed by atoms with E-state index in [9.17, 15) is 0 Å². The number of nitrogens with zero attached hydrogens (tertiary/aromatic N) is 3. The molecule has 0 aliphatic rings. The van der Waals surface area contributed by atoms with Crippen molar-refractivity contribution in [3.63, 3.8) is 0 Å². The predicted molar refractivity (Wildman–Crippen MR) is 77.3 cm³/mol. The van der Waals surface area contributed by atoms with Crippen LogP contribution in [0.1, 0.15) is 11.1 Å². The molecule has 4 nitrogen and oxygen atoms in total. The molecule has 0 aliphatic heterocycles. The largest absolute Gasteiger partial charge is 0.369 e. The Morgan fingerprint density at radius 3 is 2.72 bits per heavy atom. The second-order valence-electron chi connectivity index (χ2n) is 4.37. The van der Waals surface area contributed by atoms with Crippen molar-refractivity contribution in [3.05, 3.63) is 46.2 Å². The van der Waals surface area contributed by atoms with Gasteiger partial charge in [0.2, 0.25) is 0 Å². The molecular weight excluding hydrogens is 292 g/mol. The van der Waals surface area contributed by atoms with Crippen LogP contribution in [0, 0.1) is 0 Å². The fourth-order valence-electron chi connectivity index (χ4n) is 1.90. The molecule has 2 aromatic rings. The highest BCUT2D eigenvalue weighted by atomic mass is 79.9. The monoisotopic (exact) mass is 308 g/mol. The van der Waals surface area contributed by atoms with Gasteiger partial charge in [-0.1, -0.05) is 6.07 Å². The highest BCUT2D eigenvalue weighted by Gasteiger charge is 2.08. The van der Waals surface area contributed by atoms with Gasteiger partial charge in [-0.3, -0.25) is 4.68 Å². The van der Waals surface area contributed by atoms with E-state index in [2.05, 4.69) is 51.2 Å². The van der Waals surface area contributed by atoms with Crippen LogP contribution in [0.3, 0.4) is 0 Å². The first kappa shape index (κ1) is 13.1. The molecule has 2 rings (SSSR count). The molecule has 0 radical (unpaired) electrons. The van der Waals surface area contributed by atoms with Crippen molar-refractivity contribution in [2.24, 2.45) is 12.8 Å². The first-order valence-electron chi connectivity index (χ1n) is 5.77. The number of nitrogens with two attached hydrogens (primary N) is 1. The standard InChI is InChI=1S/C13H17BrN4/c1-17(8-11-7-16-18(2)9-11)13-4-3-10(6-15)5-12(13)14/h3-5,7,9H,6,8,15H2,1-2H3. The Bertz CT molecular complexity index is 536. The molecule has 0 atom stereocenters. The van der Waals surface area contributed by atoms with Gasteiger partial charge in [-0.25, -0.2) is 0 Å². The molecule has 18 heavy (non-hydrogen) atoms. The third-order valence-corrected chi connectivity index (χ3v) is 3.47. The van der Waals surface area contributed by atoms with Gasteiger partial charge in [0.05, 0.1) is 11.9 Å². The van der Waals surface area contributed by atoms with Gasteiger partial charge in [-0.05, 0) is 33.6 Å².